The van der Waals surface area contributed by atoms with Crippen molar-refractivity contribution in [1.82, 2.24) is 14.3 Å². The Kier molecular flexibility index (Phi) is 3.99. The fraction of sp³-hybridized carbons (Fsp3) is 0.333. The molecule has 0 aliphatic heterocycles. The lowest BCUT2D eigenvalue weighted by Gasteiger charge is -2.09. The van der Waals surface area contributed by atoms with Gasteiger partial charge in [0.25, 0.3) is 5.56 Å². The van der Waals surface area contributed by atoms with Crippen molar-refractivity contribution in [1.29, 1.82) is 0 Å². The molecule has 0 unspecified atom stereocenters. The molecule has 126 valence electrons. The number of halogens is 2. The van der Waals surface area contributed by atoms with Gasteiger partial charge >= 0.3 is 0 Å². The van der Waals surface area contributed by atoms with E-state index in [9.17, 15) is 13.6 Å². The molecular weight excluding hydrogens is 312 g/mol. The Labute approximate surface area is 138 Å². The van der Waals surface area contributed by atoms with Gasteiger partial charge in [-0.25, -0.2) is 13.5 Å². The summed E-state index contributed by atoms with van der Waals surface area (Å²) < 4.78 is 30.1. The van der Waals surface area contributed by atoms with Crippen LogP contribution in [0.1, 0.15) is 25.2 Å². The molecular formula is C18H19F2N3O. The van der Waals surface area contributed by atoms with Crippen LogP contribution in [0.2, 0.25) is 0 Å². The van der Waals surface area contributed by atoms with Gasteiger partial charge in [0.05, 0.1) is 16.8 Å². The molecule has 0 atom stereocenters. The minimum atomic E-state index is -0.657. The summed E-state index contributed by atoms with van der Waals surface area (Å²) in [7, 11) is 1.61. The molecule has 0 fully saturated rings. The lowest BCUT2D eigenvalue weighted by atomic mass is 10.0. The van der Waals surface area contributed by atoms with Crippen LogP contribution in [0.3, 0.4) is 0 Å². The molecule has 24 heavy (non-hydrogen) atoms. The average Bonchev–Trinajstić information content (AvgIpc) is 2.81. The Morgan fingerprint density at radius 1 is 1.17 bits per heavy atom. The van der Waals surface area contributed by atoms with Gasteiger partial charge in [-0.2, -0.15) is 5.10 Å². The summed E-state index contributed by atoms with van der Waals surface area (Å²) in [6.45, 7) is 5.98. The summed E-state index contributed by atoms with van der Waals surface area (Å²) in [6, 6.07) is 3.32. The summed E-state index contributed by atoms with van der Waals surface area (Å²) in [4.78, 5) is 12.4. The Morgan fingerprint density at radius 2 is 1.79 bits per heavy atom. The normalized spacial score (nSPS) is 11.6. The molecule has 0 radical (unpaired) electrons. The first kappa shape index (κ1) is 16.4. The van der Waals surface area contributed by atoms with Crippen molar-refractivity contribution >= 4 is 10.8 Å². The highest BCUT2D eigenvalue weighted by Crippen LogP contribution is 2.26. The quantitative estimate of drug-likeness (QED) is 0.737. The van der Waals surface area contributed by atoms with Crippen molar-refractivity contribution in [3.8, 4) is 5.69 Å². The first-order chi connectivity index (χ1) is 11.3. The Balaban J connectivity index is 2.34. The van der Waals surface area contributed by atoms with Crippen molar-refractivity contribution in [2.45, 2.75) is 27.2 Å². The fourth-order valence-electron chi connectivity index (χ4n) is 3.06. The number of benzene rings is 1. The van der Waals surface area contributed by atoms with Gasteiger partial charge in [0.15, 0.2) is 0 Å². The zero-order chi connectivity index (χ0) is 17.6. The molecule has 2 heterocycles. The molecule has 0 spiro atoms. The van der Waals surface area contributed by atoms with Crippen molar-refractivity contribution in [2.24, 2.45) is 13.0 Å². The number of rotatable bonds is 3. The third-order valence-corrected chi connectivity index (χ3v) is 4.06. The van der Waals surface area contributed by atoms with E-state index in [0.29, 0.717) is 23.4 Å². The lowest BCUT2D eigenvalue weighted by molar-refractivity contribution is 0.581. The number of fused-ring (bicyclic) bond motifs is 1. The second-order valence-electron chi connectivity index (χ2n) is 6.47. The maximum atomic E-state index is 13.6. The van der Waals surface area contributed by atoms with Crippen molar-refractivity contribution in [2.75, 3.05) is 0 Å². The average molecular weight is 331 g/mol. The molecule has 6 heteroatoms. The van der Waals surface area contributed by atoms with Crippen LogP contribution in [0.15, 0.2) is 29.2 Å². The smallest absolute Gasteiger partial charge is 0.275 e. The molecule has 1 aromatic carbocycles. The van der Waals surface area contributed by atoms with Crippen molar-refractivity contribution < 1.29 is 8.78 Å². The van der Waals surface area contributed by atoms with Crippen LogP contribution < -0.4 is 5.56 Å². The van der Waals surface area contributed by atoms with E-state index in [1.54, 1.807) is 17.8 Å². The predicted octanol–water partition coefficient (Wildman–Crippen LogP) is 3.51. The van der Waals surface area contributed by atoms with Crippen LogP contribution in [-0.4, -0.2) is 14.3 Å². The summed E-state index contributed by atoms with van der Waals surface area (Å²) in [5.74, 6) is -0.946. The molecule has 2 aromatic heterocycles. The zero-order valence-electron chi connectivity index (χ0n) is 14.1. The van der Waals surface area contributed by atoms with E-state index in [2.05, 4.69) is 18.9 Å². The molecule has 0 amide bonds. The van der Waals surface area contributed by atoms with Crippen LogP contribution in [0.25, 0.3) is 16.5 Å². The van der Waals surface area contributed by atoms with Crippen molar-refractivity contribution in [3.63, 3.8) is 0 Å². The van der Waals surface area contributed by atoms with Crippen LogP contribution in [0.4, 0.5) is 8.78 Å². The van der Waals surface area contributed by atoms with Gasteiger partial charge in [0.1, 0.15) is 11.6 Å². The molecule has 3 aromatic rings. The third kappa shape index (κ3) is 2.72. The van der Waals surface area contributed by atoms with Gasteiger partial charge in [-0.15, -0.1) is 0 Å². The second-order valence-corrected chi connectivity index (χ2v) is 6.47. The number of hydrogen-bond donors (Lipinski definition) is 0. The molecule has 4 nitrogen and oxygen atoms in total. The Bertz CT molecular complexity index is 966. The maximum absolute atomic E-state index is 13.6. The SMILES string of the molecule is Cc1c2c(CC(C)C)nn(C)c(=O)c2cn1-c1cc(F)cc(F)c1. The highest BCUT2D eigenvalue weighted by Gasteiger charge is 2.18. The molecule has 0 saturated heterocycles. The maximum Gasteiger partial charge on any atom is 0.275 e. The van der Waals surface area contributed by atoms with E-state index in [4.69, 9.17) is 0 Å². The van der Waals surface area contributed by atoms with Gasteiger partial charge in [-0.1, -0.05) is 13.8 Å². The standard InChI is InChI=1S/C18H19F2N3O/c1-10(2)5-16-17-11(3)23(9-15(17)18(24)22(4)21-16)14-7-12(19)6-13(20)8-14/h6-10H,5H2,1-4H3. The van der Waals surface area contributed by atoms with E-state index >= 15 is 0 Å². The minimum absolute atomic E-state index is 0.226. The predicted molar refractivity (Wildman–Crippen MR) is 89.5 cm³/mol. The fourth-order valence-corrected chi connectivity index (χ4v) is 3.06. The van der Waals surface area contributed by atoms with Crippen LogP contribution in [-0.2, 0) is 13.5 Å². The summed E-state index contributed by atoms with van der Waals surface area (Å²) in [6.07, 6.45) is 2.35. The minimum Gasteiger partial charge on any atom is -0.319 e. The van der Waals surface area contributed by atoms with Crippen LogP contribution >= 0.6 is 0 Å². The molecule has 0 saturated carbocycles. The molecule has 0 aliphatic carbocycles. The number of nitrogens with zero attached hydrogens (tertiary/aromatic N) is 3. The largest absolute Gasteiger partial charge is 0.319 e. The summed E-state index contributed by atoms with van der Waals surface area (Å²) in [5, 5.41) is 5.65. The highest BCUT2D eigenvalue weighted by molar-refractivity contribution is 5.87. The van der Waals surface area contributed by atoms with Gasteiger partial charge in [-0.3, -0.25) is 4.79 Å². The third-order valence-electron chi connectivity index (χ3n) is 4.06. The van der Waals surface area contributed by atoms with Gasteiger partial charge in [-0.05, 0) is 31.4 Å². The molecule has 3 rings (SSSR count). The number of hydrogen-bond acceptors (Lipinski definition) is 2. The van der Waals surface area contributed by atoms with Crippen LogP contribution in [0.5, 0.6) is 0 Å². The molecule has 0 bridgehead atoms. The second kappa shape index (κ2) is 5.85. The van der Waals surface area contributed by atoms with E-state index in [0.717, 1.165) is 22.8 Å². The van der Waals surface area contributed by atoms with E-state index < -0.39 is 11.6 Å². The van der Waals surface area contributed by atoms with Gasteiger partial charge in [0.2, 0.25) is 0 Å². The number of aryl methyl sites for hydroxylation is 2. The Hall–Kier alpha value is -2.50. The highest BCUT2D eigenvalue weighted by atomic mass is 19.1. The summed E-state index contributed by atoms with van der Waals surface area (Å²) >= 11 is 0. The molecule has 0 N–H and O–H groups in total. The van der Waals surface area contributed by atoms with E-state index in [-0.39, 0.29) is 5.56 Å². The van der Waals surface area contributed by atoms with Gasteiger partial charge in [0, 0.05) is 30.4 Å². The zero-order valence-corrected chi connectivity index (χ0v) is 14.1. The van der Waals surface area contributed by atoms with Crippen molar-refractivity contribution in [3.05, 3.63) is 57.8 Å². The molecule has 0 aliphatic rings. The monoisotopic (exact) mass is 331 g/mol. The van der Waals surface area contributed by atoms with E-state index in [1.165, 1.54) is 16.8 Å². The van der Waals surface area contributed by atoms with Crippen LogP contribution in [0, 0.1) is 24.5 Å². The first-order valence-electron chi connectivity index (χ1n) is 7.82. The van der Waals surface area contributed by atoms with Gasteiger partial charge < -0.3 is 4.57 Å². The first-order valence-corrected chi connectivity index (χ1v) is 7.82. The Morgan fingerprint density at radius 3 is 2.38 bits per heavy atom. The summed E-state index contributed by atoms with van der Waals surface area (Å²) in [5.41, 5.74) is 1.68. The van der Waals surface area contributed by atoms with E-state index in [1.807, 2.05) is 6.92 Å². The lowest BCUT2D eigenvalue weighted by Crippen LogP contribution is -2.21. The topological polar surface area (TPSA) is 39.8 Å². The number of aromatic nitrogens is 3.